The smallest absolute Gasteiger partial charge is 0.224 e. The topological polar surface area (TPSA) is 63.7 Å². The van der Waals surface area contributed by atoms with E-state index in [1.54, 1.807) is 14.0 Å². The Bertz CT molecular complexity index is 870. The number of hydrogen-bond donors (Lipinski definition) is 0. The average molecular weight is 410 g/mol. The molecule has 2 aliphatic rings. The Morgan fingerprint density at radius 1 is 1.13 bits per heavy atom. The van der Waals surface area contributed by atoms with Crippen LogP contribution < -0.4 is 0 Å². The Balaban J connectivity index is 1.74. The number of carbonyl (C=O) groups excluding carboxylic acids is 3. The lowest BCUT2D eigenvalue weighted by atomic mass is 9.62. The highest BCUT2D eigenvalue weighted by Crippen LogP contribution is 2.46. The molecule has 1 amide bonds. The number of amides is 1. The van der Waals surface area contributed by atoms with E-state index in [2.05, 4.69) is 11.8 Å². The molecule has 1 aromatic carbocycles. The maximum Gasteiger partial charge on any atom is 0.224 e. The van der Waals surface area contributed by atoms with Gasteiger partial charge in [-0.1, -0.05) is 5.92 Å². The zero-order valence-electron chi connectivity index (χ0n) is 18.5. The van der Waals surface area contributed by atoms with Gasteiger partial charge in [0, 0.05) is 38.6 Å². The lowest BCUT2D eigenvalue weighted by Crippen LogP contribution is -2.48. The van der Waals surface area contributed by atoms with Crippen molar-refractivity contribution in [3.8, 4) is 11.8 Å². The molecule has 0 atom stereocenters. The summed E-state index contributed by atoms with van der Waals surface area (Å²) in [5, 5.41) is 0. The van der Waals surface area contributed by atoms with Gasteiger partial charge in [-0.05, 0) is 67.9 Å². The van der Waals surface area contributed by atoms with Gasteiger partial charge in [0.15, 0.2) is 0 Å². The number of rotatable bonds is 4. The third-order valence-electron chi connectivity index (χ3n) is 6.59. The normalized spacial score (nSPS) is 19.0. The predicted molar refractivity (Wildman–Crippen MR) is 115 cm³/mol. The van der Waals surface area contributed by atoms with Gasteiger partial charge in [0.05, 0.1) is 13.0 Å². The summed E-state index contributed by atoms with van der Waals surface area (Å²) in [5.41, 5.74) is 3.38. The van der Waals surface area contributed by atoms with Crippen LogP contribution in [0.1, 0.15) is 67.2 Å². The summed E-state index contributed by atoms with van der Waals surface area (Å²) >= 11 is 0. The molecule has 1 aliphatic heterocycles. The third kappa shape index (κ3) is 4.49. The van der Waals surface area contributed by atoms with Gasteiger partial charge in [0.25, 0.3) is 0 Å². The Labute approximate surface area is 179 Å². The van der Waals surface area contributed by atoms with E-state index in [1.165, 1.54) is 0 Å². The summed E-state index contributed by atoms with van der Waals surface area (Å²) in [6.45, 7) is 7.34. The molecule has 1 heterocycles. The molecule has 30 heavy (non-hydrogen) atoms. The maximum atomic E-state index is 13.2. The van der Waals surface area contributed by atoms with Crippen molar-refractivity contribution in [3.63, 3.8) is 0 Å². The van der Waals surface area contributed by atoms with Gasteiger partial charge in [0.1, 0.15) is 17.5 Å². The minimum Gasteiger partial charge on any atom is -0.384 e. The van der Waals surface area contributed by atoms with Crippen LogP contribution in [0.5, 0.6) is 0 Å². The molecule has 0 aromatic heterocycles. The molecule has 5 nitrogen and oxygen atoms in total. The van der Waals surface area contributed by atoms with E-state index in [1.807, 2.05) is 30.9 Å². The second-order valence-electron chi connectivity index (χ2n) is 8.74. The van der Waals surface area contributed by atoms with Crippen molar-refractivity contribution in [2.24, 2.45) is 5.41 Å². The van der Waals surface area contributed by atoms with Crippen LogP contribution in [0.15, 0.2) is 12.1 Å². The van der Waals surface area contributed by atoms with Crippen molar-refractivity contribution in [2.45, 2.75) is 58.8 Å². The summed E-state index contributed by atoms with van der Waals surface area (Å²) in [6.07, 6.45) is 2.62. The zero-order valence-corrected chi connectivity index (χ0v) is 18.5. The van der Waals surface area contributed by atoms with E-state index in [-0.39, 0.29) is 22.9 Å². The number of ether oxygens (including phenoxy) is 1. The van der Waals surface area contributed by atoms with Gasteiger partial charge in [-0.2, -0.15) is 0 Å². The third-order valence-corrected chi connectivity index (χ3v) is 6.59. The van der Waals surface area contributed by atoms with Crippen LogP contribution in [-0.2, 0) is 19.1 Å². The number of piperidine rings is 1. The Kier molecular flexibility index (Phi) is 6.77. The largest absolute Gasteiger partial charge is 0.384 e. The van der Waals surface area contributed by atoms with E-state index in [0.29, 0.717) is 51.8 Å². The number of benzene rings is 1. The van der Waals surface area contributed by atoms with Gasteiger partial charge in [0.2, 0.25) is 5.91 Å². The number of methoxy groups -OCH3 is 1. The van der Waals surface area contributed by atoms with Gasteiger partial charge in [-0.15, -0.1) is 5.92 Å². The van der Waals surface area contributed by atoms with Gasteiger partial charge in [-0.3, -0.25) is 14.4 Å². The number of nitrogens with zero attached hydrogens (tertiary/aromatic N) is 1. The van der Waals surface area contributed by atoms with Crippen molar-refractivity contribution in [1.29, 1.82) is 0 Å². The number of carbonyl (C=O) groups is 3. The maximum absolute atomic E-state index is 13.2. The lowest BCUT2D eigenvalue weighted by Gasteiger charge is -2.44. The van der Waals surface area contributed by atoms with Crippen LogP contribution in [0.25, 0.3) is 0 Å². The number of ketones is 2. The monoisotopic (exact) mass is 409 g/mol. The first-order valence-corrected chi connectivity index (χ1v) is 10.7. The number of Topliss-reactive ketones (excluding diaryl/α,β-unsaturated/α-hetero) is 2. The second-order valence-corrected chi connectivity index (χ2v) is 8.74. The van der Waals surface area contributed by atoms with E-state index in [0.717, 1.165) is 22.3 Å². The first-order chi connectivity index (χ1) is 14.3. The van der Waals surface area contributed by atoms with E-state index >= 15 is 0 Å². The van der Waals surface area contributed by atoms with Crippen LogP contribution >= 0.6 is 0 Å². The van der Waals surface area contributed by atoms with Crippen molar-refractivity contribution in [2.75, 3.05) is 26.8 Å². The predicted octanol–water partition coefficient (Wildman–Crippen LogP) is 3.34. The minimum atomic E-state index is -0.666. The summed E-state index contributed by atoms with van der Waals surface area (Å²) < 4.78 is 4.99. The highest BCUT2D eigenvalue weighted by molar-refractivity contribution is 6.10. The molecule has 0 unspecified atom stereocenters. The fraction of sp³-hybridized carbons (Fsp3) is 0.560. The number of likely N-dealkylation sites (tertiary alicyclic amines) is 1. The Morgan fingerprint density at radius 3 is 2.20 bits per heavy atom. The average Bonchev–Trinajstić information content (AvgIpc) is 2.68. The highest BCUT2D eigenvalue weighted by atomic mass is 16.5. The molecule has 2 fully saturated rings. The number of aryl methyl sites for hydroxylation is 2. The molecule has 1 aliphatic carbocycles. The molecule has 0 N–H and O–H groups in total. The molecule has 1 spiro atoms. The molecule has 1 saturated carbocycles. The molecule has 3 rings (SSSR count). The van der Waals surface area contributed by atoms with Gasteiger partial charge < -0.3 is 9.64 Å². The van der Waals surface area contributed by atoms with Crippen molar-refractivity contribution < 1.29 is 19.1 Å². The fourth-order valence-corrected chi connectivity index (χ4v) is 5.09. The van der Waals surface area contributed by atoms with Crippen molar-refractivity contribution >= 4 is 17.5 Å². The van der Waals surface area contributed by atoms with Crippen molar-refractivity contribution in [3.05, 3.63) is 34.4 Å². The first-order valence-electron chi connectivity index (χ1n) is 10.7. The van der Waals surface area contributed by atoms with E-state index in [4.69, 9.17) is 4.74 Å². The molecule has 1 saturated heterocycles. The molecule has 1 aromatic rings. The fourth-order valence-electron chi connectivity index (χ4n) is 5.09. The second kappa shape index (κ2) is 9.14. The Hall–Kier alpha value is -2.45. The molecular weight excluding hydrogens is 378 g/mol. The van der Waals surface area contributed by atoms with Crippen molar-refractivity contribution in [1.82, 2.24) is 4.90 Å². The Morgan fingerprint density at radius 2 is 1.70 bits per heavy atom. The highest BCUT2D eigenvalue weighted by Gasteiger charge is 2.47. The quantitative estimate of drug-likeness (QED) is 0.565. The van der Waals surface area contributed by atoms with Crippen LogP contribution in [-0.4, -0.2) is 49.2 Å². The van der Waals surface area contributed by atoms with Gasteiger partial charge in [-0.25, -0.2) is 0 Å². The van der Waals surface area contributed by atoms with E-state index < -0.39 is 5.92 Å². The van der Waals surface area contributed by atoms with Crippen LogP contribution in [0.3, 0.4) is 0 Å². The first kappa shape index (κ1) is 22.2. The number of hydrogen-bond acceptors (Lipinski definition) is 4. The standard InChI is InChI=1S/C25H31NO4/c1-5-6-19-13-17(2)23(18(3)14-19)24-20(27)15-25(16-21(24)28)8-10-26(11-9-25)22(29)7-12-30-4/h13-14,24H,7-12,15-16H2,1-4H3. The molecule has 5 heteroatoms. The summed E-state index contributed by atoms with van der Waals surface area (Å²) in [5.74, 6) is 5.41. The minimum absolute atomic E-state index is 0.0194. The summed E-state index contributed by atoms with van der Waals surface area (Å²) in [4.78, 5) is 40.5. The SMILES string of the molecule is CC#Cc1cc(C)c(C2C(=O)CC3(CCN(C(=O)CCOC)CC3)CC2=O)c(C)c1. The lowest BCUT2D eigenvalue weighted by molar-refractivity contribution is -0.140. The molecule has 0 bridgehead atoms. The summed E-state index contributed by atoms with van der Waals surface area (Å²) in [7, 11) is 1.59. The summed E-state index contributed by atoms with van der Waals surface area (Å²) in [6, 6.07) is 3.93. The molecular formula is C25H31NO4. The molecule has 0 radical (unpaired) electrons. The molecule has 160 valence electrons. The van der Waals surface area contributed by atoms with Crippen LogP contribution in [0.4, 0.5) is 0 Å². The van der Waals surface area contributed by atoms with Gasteiger partial charge >= 0.3 is 0 Å². The zero-order chi connectivity index (χ0) is 21.9. The van der Waals surface area contributed by atoms with E-state index in [9.17, 15) is 14.4 Å². The van der Waals surface area contributed by atoms with Crippen LogP contribution in [0.2, 0.25) is 0 Å². The van der Waals surface area contributed by atoms with Crippen LogP contribution in [0, 0.1) is 31.1 Å².